The van der Waals surface area contributed by atoms with Crippen LogP contribution >= 0.6 is 11.3 Å². The van der Waals surface area contributed by atoms with E-state index >= 15 is 0 Å². The molecule has 2 rings (SSSR count). The first-order chi connectivity index (χ1) is 9.79. The van der Waals surface area contributed by atoms with Crippen molar-refractivity contribution < 1.29 is 0 Å². The van der Waals surface area contributed by atoms with Crippen LogP contribution in [0.25, 0.3) is 0 Å². The van der Waals surface area contributed by atoms with E-state index in [1.54, 1.807) is 11.3 Å². The Morgan fingerprint density at radius 2 is 2.00 bits per heavy atom. The monoisotopic (exact) mass is 288 g/mol. The van der Waals surface area contributed by atoms with E-state index in [4.69, 9.17) is 0 Å². The largest absolute Gasteiger partial charge is 0.310 e. The highest BCUT2D eigenvalue weighted by Crippen LogP contribution is 2.15. The van der Waals surface area contributed by atoms with Gasteiger partial charge in [-0.15, -0.1) is 11.3 Å². The van der Waals surface area contributed by atoms with Crippen LogP contribution in [0.1, 0.15) is 48.9 Å². The van der Waals surface area contributed by atoms with Crippen molar-refractivity contribution in [3.63, 3.8) is 0 Å². The lowest BCUT2D eigenvalue weighted by atomic mass is 10.0. The molecule has 0 spiro atoms. The van der Waals surface area contributed by atoms with E-state index in [9.17, 15) is 0 Å². The van der Waals surface area contributed by atoms with E-state index in [0.717, 1.165) is 13.0 Å². The third-order valence-electron chi connectivity index (χ3n) is 3.57. The summed E-state index contributed by atoms with van der Waals surface area (Å²) in [6.07, 6.45) is 6.62. The van der Waals surface area contributed by atoms with Crippen molar-refractivity contribution in [1.82, 2.24) is 10.3 Å². The van der Waals surface area contributed by atoms with Gasteiger partial charge in [0.15, 0.2) is 0 Å². The highest BCUT2D eigenvalue weighted by Gasteiger charge is 2.05. The minimum Gasteiger partial charge on any atom is -0.310 e. The molecule has 1 N–H and O–H groups in total. The molecule has 0 aliphatic rings. The van der Waals surface area contributed by atoms with Crippen LogP contribution in [0, 0.1) is 0 Å². The second kappa shape index (κ2) is 8.18. The summed E-state index contributed by atoms with van der Waals surface area (Å²) in [5, 5.41) is 6.81. The van der Waals surface area contributed by atoms with Crippen molar-refractivity contribution in [3.8, 4) is 0 Å². The Morgan fingerprint density at radius 1 is 1.20 bits per heavy atom. The Hall–Kier alpha value is -1.19. The summed E-state index contributed by atoms with van der Waals surface area (Å²) in [5.41, 5.74) is 2.81. The van der Waals surface area contributed by atoms with Crippen LogP contribution < -0.4 is 5.32 Å². The van der Waals surface area contributed by atoms with E-state index in [1.807, 2.05) is 11.6 Å². The average Bonchev–Trinajstić information content (AvgIpc) is 2.99. The molecule has 3 heteroatoms. The third-order valence-corrected chi connectivity index (χ3v) is 4.41. The maximum absolute atomic E-state index is 4.30. The Morgan fingerprint density at radius 3 is 2.65 bits per heavy atom. The molecule has 2 aromatic rings. The number of rotatable bonds is 8. The molecule has 0 bridgehead atoms. The minimum atomic E-state index is 0.398. The number of nitrogens with zero attached hydrogens (tertiary/aromatic N) is 1. The standard InChI is InChI=1S/C17H24N2S/c1-3-4-5-15-6-8-16(9-7-15)14(2)18-11-10-17-19-12-13-20-17/h6-9,12-14,18H,3-5,10-11H2,1-2H3. The average molecular weight is 288 g/mol. The first-order valence-electron chi connectivity index (χ1n) is 7.50. The summed E-state index contributed by atoms with van der Waals surface area (Å²) in [6, 6.07) is 9.45. The van der Waals surface area contributed by atoms with Gasteiger partial charge in [-0.2, -0.15) is 0 Å². The SMILES string of the molecule is CCCCc1ccc(C(C)NCCc2nccs2)cc1. The summed E-state index contributed by atoms with van der Waals surface area (Å²) >= 11 is 1.73. The van der Waals surface area contributed by atoms with Gasteiger partial charge in [0, 0.05) is 30.6 Å². The number of aryl methyl sites for hydroxylation is 1. The second-order valence-corrected chi connectivity index (χ2v) is 6.18. The Labute approximate surface area is 126 Å². The zero-order chi connectivity index (χ0) is 14.2. The molecule has 0 aliphatic heterocycles. The fourth-order valence-electron chi connectivity index (χ4n) is 2.24. The molecule has 0 fully saturated rings. The number of unbranched alkanes of at least 4 members (excludes halogenated alkanes) is 1. The third kappa shape index (κ3) is 4.73. The van der Waals surface area contributed by atoms with Gasteiger partial charge >= 0.3 is 0 Å². The van der Waals surface area contributed by atoms with Crippen LogP contribution in [-0.4, -0.2) is 11.5 Å². The first kappa shape index (κ1) is 15.2. The predicted molar refractivity (Wildman–Crippen MR) is 87.3 cm³/mol. The van der Waals surface area contributed by atoms with Gasteiger partial charge in [0.05, 0.1) is 5.01 Å². The molecule has 0 saturated heterocycles. The maximum Gasteiger partial charge on any atom is 0.0937 e. The number of nitrogens with one attached hydrogen (secondary N) is 1. The number of hydrogen-bond donors (Lipinski definition) is 1. The van der Waals surface area contributed by atoms with E-state index in [2.05, 4.69) is 48.4 Å². The van der Waals surface area contributed by atoms with Gasteiger partial charge in [-0.3, -0.25) is 0 Å². The van der Waals surface area contributed by atoms with Gasteiger partial charge < -0.3 is 5.32 Å². The summed E-state index contributed by atoms with van der Waals surface area (Å²) in [5.74, 6) is 0. The Balaban J connectivity index is 1.78. The van der Waals surface area contributed by atoms with Crippen LogP contribution in [0.2, 0.25) is 0 Å². The fraction of sp³-hybridized carbons (Fsp3) is 0.471. The molecule has 2 nitrogen and oxygen atoms in total. The van der Waals surface area contributed by atoms with Crippen LogP contribution in [0.15, 0.2) is 35.8 Å². The lowest BCUT2D eigenvalue weighted by Gasteiger charge is -2.14. The van der Waals surface area contributed by atoms with Crippen LogP contribution in [0.5, 0.6) is 0 Å². The summed E-state index contributed by atoms with van der Waals surface area (Å²) in [6.45, 7) is 5.44. The van der Waals surface area contributed by atoms with Gasteiger partial charge in [0.25, 0.3) is 0 Å². The molecule has 1 heterocycles. The molecule has 1 aromatic heterocycles. The van der Waals surface area contributed by atoms with Crippen molar-refractivity contribution in [2.24, 2.45) is 0 Å². The zero-order valence-corrected chi connectivity index (χ0v) is 13.2. The molecule has 1 unspecified atom stereocenters. The summed E-state index contributed by atoms with van der Waals surface area (Å²) in [7, 11) is 0. The van der Waals surface area contributed by atoms with E-state index in [1.165, 1.54) is 35.4 Å². The van der Waals surface area contributed by atoms with E-state index < -0.39 is 0 Å². The first-order valence-corrected chi connectivity index (χ1v) is 8.38. The summed E-state index contributed by atoms with van der Waals surface area (Å²) in [4.78, 5) is 4.30. The zero-order valence-electron chi connectivity index (χ0n) is 12.4. The number of thiazole rings is 1. The summed E-state index contributed by atoms with van der Waals surface area (Å²) < 4.78 is 0. The topological polar surface area (TPSA) is 24.9 Å². The van der Waals surface area contributed by atoms with Gasteiger partial charge in [-0.05, 0) is 30.9 Å². The normalized spacial score (nSPS) is 12.5. The molecule has 20 heavy (non-hydrogen) atoms. The van der Waals surface area contributed by atoms with Crippen LogP contribution in [-0.2, 0) is 12.8 Å². The van der Waals surface area contributed by atoms with Gasteiger partial charge in [0.1, 0.15) is 0 Å². The molecule has 0 saturated carbocycles. The van der Waals surface area contributed by atoms with Crippen molar-refractivity contribution >= 4 is 11.3 Å². The highest BCUT2D eigenvalue weighted by atomic mass is 32.1. The molecule has 108 valence electrons. The van der Waals surface area contributed by atoms with Crippen LogP contribution in [0.4, 0.5) is 0 Å². The lowest BCUT2D eigenvalue weighted by Crippen LogP contribution is -2.21. The van der Waals surface area contributed by atoms with Crippen LogP contribution in [0.3, 0.4) is 0 Å². The minimum absolute atomic E-state index is 0.398. The molecular formula is C17H24N2S. The van der Waals surface area contributed by atoms with E-state index in [0.29, 0.717) is 6.04 Å². The highest BCUT2D eigenvalue weighted by molar-refractivity contribution is 7.09. The van der Waals surface area contributed by atoms with Crippen molar-refractivity contribution in [3.05, 3.63) is 52.0 Å². The van der Waals surface area contributed by atoms with Gasteiger partial charge in [0.2, 0.25) is 0 Å². The molecule has 0 aliphatic carbocycles. The van der Waals surface area contributed by atoms with Crippen molar-refractivity contribution in [1.29, 1.82) is 0 Å². The molecule has 0 amide bonds. The fourth-order valence-corrected chi connectivity index (χ4v) is 2.86. The molecular weight excluding hydrogens is 264 g/mol. The molecule has 0 radical (unpaired) electrons. The van der Waals surface area contributed by atoms with Crippen molar-refractivity contribution in [2.45, 2.75) is 45.6 Å². The molecule has 1 aromatic carbocycles. The van der Waals surface area contributed by atoms with Crippen molar-refractivity contribution in [2.75, 3.05) is 6.54 Å². The maximum atomic E-state index is 4.30. The number of aromatic nitrogens is 1. The smallest absolute Gasteiger partial charge is 0.0937 e. The number of benzene rings is 1. The number of hydrogen-bond acceptors (Lipinski definition) is 3. The second-order valence-electron chi connectivity index (χ2n) is 5.20. The lowest BCUT2D eigenvalue weighted by molar-refractivity contribution is 0.576. The molecule has 1 atom stereocenters. The quantitative estimate of drug-likeness (QED) is 0.779. The van der Waals surface area contributed by atoms with Gasteiger partial charge in [-0.25, -0.2) is 4.98 Å². The Bertz CT molecular complexity index is 476. The van der Waals surface area contributed by atoms with E-state index in [-0.39, 0.29) is 0 Å². The van der Waals surface area contributed by atoms with Gasteiger partial charge in [-0.1, -0.05) is 37.6 Å². The Kier molecular flexibility index (Phi) is 6.22. The predicted octanol–water partition coefficient (Wildman–Crippen LogP) is 4.38.